The second-order valence-corrected chi connectivity index (χ2v) is 9.07. The number of para-hydroxylation sites is 1. The molecule has 34 heavy (non-hydrogen) atoms. The second-order valence-electron chi connectivity index (χ2n) is 9.07. The molecule has 0 radical (unpaired) electrons. The molecule has 3 aromatic rings. The average molecular weight is 452 g/mol. The molecule has 5 rings (SSSR count). The monoisotopic (exact) mass is 451 g/mol. The van der Waals surface area contributed by atoms with Crippen LogP contribution in [0.25, 0.3) is 5.57 Å². The molecule has 0 spiro atoms. The van der Waals surface area contributed by atoms with E-state index in [1.165, 1.54) is 17.7 Å². The van der Waals surface area contributed by atoms with Crippen LogP contribution in [0.5, 0.6) is 0 Å². The average Bonchev–Trinajstić information content (AvgIpc) is 3.48. The Hall–Kier alpha value is -3.86. The van der Waals surface area contributed by atoms with Gasteiger partial charge in [-0.3, -0.25) is 9.59 Å². The maximum atomic E-state index is 13.8. The van der Waals surface area contributed by atoms with Gasteiger partial charge in [0.1, 0.15) is 5.70 Å². The Labute approximate surface area is 200 Å². The molecule has 2 amide bonds. The molecule has 3 aromatic carbocycles. The Morgan fingerprint density at radius 3 is 2.03 bits per heavy atom. The summed E-state index contributed by atoms with van der Waals surface area (Å²) in [6.45, 7) is 6.16. The van der Waals surface area contributed by atoms with Crippen LogP contribution in [0, 0.1) is 13.8 Å². The van der Waals surface area contributed by atoms with E-state index in [9.17, 15) is 9.59 Å². The van der Waals surface area contributed by atoms with Crippen LogP contribution in [0.4, 0.5) is 17.1 Å². The lowest BCUT2D eigenvalue weighted by Crippen LogP contribution is -2.34. The van der Waals surface area contributed by atoms with E-state index in [-0.39, 0.29) is 11.8 Å². The van der Waals surface area contributed by atoms with Gasteiger partial charge in [0.2, 0.25) is 0 Å². The Bertz CT molecular complexity index is 1270. The Balaban J connectivity index is 1.58. The first-order chi connectivity index (χ1) is 16.5. The first kappa shape index (κ1) is 22.0. The highest BCUT2D eigenvalue weighted by atomic mass is 16.2. The third kappa shape index (κ3) is 3.77. The topological polar surface area (TPSA) is 43.9 Å². The molecule has 0 N–H and O–H groups in total. The van der Waals surface area contributed by atoms with Gasteiger partial charge in [0.05, 0.1) is 11.3 Å². The largest absolute Gasteiger partial charge is 0.372 e. The van der Waals surface area contributed by atoms with Crippen molar-refractivity contribution < 1.29 is 9.59 Å². The highest BCUT2D eigenvalue weighted by molar-refractivity contribution is 6.46. The van der Waals surface area contributed by atoms with Crippen molar-refractivity contribution in [2.75, 3.05) is 34.8 Å². The number of likely N-dealkylation sites (N-methyl/N-ethyl adjacent to an activating group) is 1. The number of aryl methyl sites for hydroxylation is 2. The van der Waals surface area contributed by atoms with E-state index in [2.05, 4.69) is 4.90 Å². The van der Waals surface area contributed by atoms with Gasteiger partial charge in [-0.25, -0.2) is 4.90 Å². The summed E-state index contributed by atoms with van der Waals surface area (Å²) in [7, 11) is 1.84. The molecule has 0 unspecified atom stereocenters. The van der Waals surface area contributed by atoms with Gasteiger partial charge >= 0.3 is 0 Å². The van der Waals surface area contributed by atoms with Crippen LogP contribution in [0.2, 0.25) is 0 Å². The van der Waals surface area contributed by atoms with E-state index in [1.54, 1.807) is 0 Å². The standard InChI is InChI=1S/C29H29N3O2/c1-20-11-12-22(19-21(20)2)26-27(30(3)23-9-5-4-6-10-23)29(34)32(28(26)33)25-15-13-24(14-16-25)31-17-7-8-18-31/h4-6,9-16,19H,7-8,17-18H2,1-3H3. The summed E-state index contributed by atoms with van der Waals surface area (Å²) in [6.07, 6.45) is 2.40. The maximum absolute atomic E-state index is 13.8. The molecule has 0 aromatic heterocycles. The minimum Gasteiger partial charge on any atom is -0.372 e. The van der Waals surface area contributed by atoms with Gasteiger partial charge in [-0.1, -0.05) is 36.4 Å². The Morgan fingerprint density at radius 2 is 1.38 bits per heavy atom. The van der Waals surface area contributed by atoms with Gasteiger partial charge in [-0.15, -0.1) is 0 Å². The highest BCUT2D eigenvalue weighted by Gasteiger charge is 2.42. The zero-order valence-corrected chi connectivity index (χ0v) is 19.9. The third-order valence-electron chi connectivity index (χ3n) is 6.91. The smallest absolute Gasteiger partial charge is 0.282 e. The van der Waals surface area contributed by atoms with Crippen molar-refractivity contribution >= 4 is 34.4 Å². The van der Waals surface area contributed by atoms with Crippen molar-refractivity contribution in [2.24, 2.45) is 0 Å². The molecule has 5 heteroatoms. The lowest BCUT2D eigenvalue weighted by molar-refractivity contribution is -0.120. The molecule has 0 atom stereocenters. The van der Waals surface area contributed by atoms with Crippen LogP contribution < -0.4 is 14.7 Å². The van der Waals surface area contributed by atoms with Gasteiger partial charge in [-0.05, 0) is 79.8 Å². The van der Waals surface area contributed by atoms with Crippen molar-refractivity contribution in [2.45, 2.75) is 26.7 Å². The molecule has 1 saturated heterocycles. The fourth-order valence-corrected chi connectivity index (χ4v) is 4.79. The summed E-state index contributed by atoms with van der Waals surface area (Å²) in [6, 6.07) is 23.4. The van der Waals surface area contributed by atoms with E-state index < -0.39 is 0 Å². The lowest BCUT2D eigenvalue weighted by atomic mass is 9.99. The van der Waals surface area contributed by atoms with Gasteiger partial charge in [0, 0.05) is 31.5 Å². The number of amides is 2. The summed E-state index contributed by atoms with van der Waals surface area (Å²) < 4.78 is 0. The zero-order valence-electron chi connectivity index (χ0n) is 19.9. The third-order valence-corrected chi connectivity index (χ3v) is 6.91. The number of hydrogen-bond acceptors (Lipinski definition) is 4. The molecule has 2 aliphatic heterocycles. The number of benzene rings is 3. The van der Waals surface area contributed by atoms with Crippen LogP contribution >= 0.6 is 0 Å². The Morgan fingerprint density at radius 1 is 0.735 bits per heavy atom. The molecule has 5 nitrogen and oxygen atoms in total. The van der Waals surface area contributed by atoms with Crippen LogP contribution in [-0.2, 0) is 9.59 Å². The van der Waals surface area contributed by atoms with Crippen molar-refractivity contribution in [3.8, 4) is 0 Å². The SMILES string of the molecule is Cc1ccc(C2=C(N(C)c3ccccc3)C(=O)N(c3ccc(N4CCCC4)cc3)C2=O)cc1C. The van der Waals surface area contributed by atoms with Crippen LogP contribution in [0.3, 0.4) is 0 Å². The predicted molar refractivity (Wildman–Crippen MR) is 138 cm³/mol. The molecular formula is C29H29N3O2. The van der Waals surface area contributed by atoms with Crippen molar-refractivity contribution in [3.05, 3.63) is 95.2 Å². The van der Waals surface area contributed by atoms with E-state index in [1.807, 2.05) is 98.6 Å². The molecule has 2 aliphatic rings. The normalized spacial score (nSPS) is 16.1. The second kappa shape index (κ2) is 8.82. The Kier molecular flexibility index (Phi) is 5.70. The molecular weight excluding hydrogens is 422 g/mol. The van der Waals surface area contributed by atoms with Gasteiger partial charge in [0.25, 0.3) is 11.8 Å². The summed E-state index contributed by atoms with van der Waals surface area (Å²) in [5, 5.41) is 0. The van der Waals surface area contributed by atoms with Crippen LogP contribution in [0.1, 0.15) is 29.5 Å². The molecule has 0 bridgehead atoms. The minimum atomic E-state index is -0.307. The molecule has 1 fully saturated rings. The molecule has 0 saturated carbocycles. The fraction of sp³-hybridized carbons (Fsp3) is 0.241. The van der Waals surface area contributed by atoms with Crippen molar-refractivity contribution in [3.63, 3.8) is 0 Å². The van der Waals surface area contributed by atoms with E-state index in [0.717, 1.165) is 41.2 Å². The van der Waals surface area contributed by atoms with Gasteiger partial charge in [-0.2, -0.15) is 0 Å². The summed E-state index contributed by atoms with van der Waals surface area (Å²) in [5.41, 5.74) is 6.39. The minimum absolute atomic E-state index is 0.292. The first-order valence-electron chi connectivity index (χ1n) is 11.8. The highest BCUT2D eigenvalue weighted by Crippen LogP contribution is 2.37. The van der Waals surface area contributed by atoms with Crippen LogP contribution in [-0.4, -0.2) is 32.0 Å². The summed E-state index contributed by atoms with van der Waals surface area (Å²) in [5.74, 6) is -0.599. The number of rotatable bonds is 5. The molecule has 2 heterocycles. The van der Waals surface area contributed by atoms with Crippen molar-refractivity contribution in [1.29, 1.82) is 0 Å². The van der Waals surface area contributed by atoms with Gasteiger partial charge < -0.3 is 9.80 Å². The van der Waals surface area contributed by atoms with E-state index in [0.29, 0.717) is 17.0 Å². The lowest BCUT2D eigenvalue weighted by Gasteiger charge is -2.22. The number of carbonyl (C=O) groups is 2. The zero-order chi connectivity index (χ0) is 23.8. The van der Waals surface area contributed by atoms with Crippen LogP contribution in [0.15, 0.2) is 78.5 Å². The summed E-state index contributed by atoms with van der Waals surface area (Å²) in [4.78, 5) is 33.1. The maximum Gasteiger partial charge on any atom is 0.282 e. The van der Waals surface area contributed by atoms with E-state index in [4.69, 9.17) is 0 Å². The first-order valence-corrected chi connectivity index (χ1v) is 11.8. The number of imide groups is 1. The fourth-order valence-electron chi connectivity index (χ4n) is 4.79. The van der Waals surface area contributed by atoms with Gasteiger partial charge in [0.15, 0.2) is 0 Å². The summed E-state index contributed by atoms with van der Waals surface area (Å²) >= 11 is 0. The quantitative estimate of drug-likeness (QED) is 0.492. The number of hydrogen-bond donors (Lipinski definition) is 0. The number of anilines is 3. The van der Waals surface area contributed by atoms with Crippen molar-refractivity contribution in [1.82, 2.24) is 0 Å². The molecule has 0 aliphatic carbocycles. The van der Waals surface area contributed by atoms with E-state index >= 15 is 0 Å². The predicted octanol–water partition coefficient (Wildman–Crippen LogP) is 5.32. The number of nitrogens with zero attached hydrogens (tertiary/aromatic N) is 3. The number of carbonyl (C=O) groups excluding carboxylic acids is 2. The molecule has 172 valence electrons.